The van der Waals surface area contributed by atoms with Crippen LogP contribution in [0.4, 0.5) is 0 Å². The topological polar surface area (TPSA) is 33.5 Å². The van der Waals surface area contributed by atoms with Crippen LogP contribution in [0, 0.1) is 5.92 Å². The number of fused-ring (bicyclic) bond motifs is 1. The first-order valence-electron chi connectivity index (χ1n) is 7.77. The number of amides is 1. The van der Waals surface area contributed by atoms with E-state index in [1.165, 1.54) is 0 Å². The second kappa shape index (κ2) is 6.79. The van der Waals surface area contributed by atoms with Crippen molar-refractivity contribution in [3.8, 4) is 0 Å². The van der Waals surface area contributed by atoms with Crippen molar-refractivity contribution in [1.29, 1.82) is 0 Å². The summed E-state index contributed by atoms with van der Waals surface area (Å²) in [6.07, 6.45) is 2.82. The van der Waals surface area contributed by atoms with Crippen LogP contribution in [-0.4, -0.2) is 17.9 Å². The summed E-state index contributed by atoms with van der Waals surface area (Å²) >= 11 is 0. The van der Waals surface area contributed by atoms with Gasteiger partial charge >= 0.3 is 0 Å². The molecule has 1 aromatic carbocycles. The lowest BCUT2D eigenvalue weighted by atomic mass is 10.0. The molecule has 0 aliphatic carbocycles. The molecule has 0 fully saturated rings. The van der Waals surface area contributed by atoms with Gasteiger partial charge in [-0.2, -0.15) is 0 Å². The van der Waals surface area contributed by atoms with Crippen LogP contribution >= 0.6 is 0 Å². The van der Waals surface area contributed by atoms with Gasteiger partial charge in [0, 0.05) is 18.9 Å². The number of furan rings is 1. The molecule has 0 radical (unpaired) electrons. The second-order valence-electron chi connectivity index (χ2n) is 5.97. The van der Waals surface area contributed by atoms with E-state index in [0.29, 0.717) is 12.3 Å². The Bertz CT molecular complexity index is 569. The zero-order chi connectivity index (χ0) is 15.4. The van der Waals surface area contributed by atoms with Gasteiger partial charge in [-0.05, 0) is 25.0 Å². The van der Waals surface area contributed by atoms with Crippen molar-refractivity contribution in [3.05, 3.63) is 36.1 Å². The molecule has 3 heteroatoms. The minimum atomic E-state index is -0.0428. The highest BCUT2D eigenvalue weighted by Crippen LogP contribution is 2.27. The molecule has 0 saturated heterocycles. The van der Waals surface area contributed by atoms with Gasteiger partial charge in [-0.1, -0.05) is 44.9 Å². The molecule has 114 valence electrons. The van der Waals surface area contributed by atoms with E-state index in [2.05, 4.69) is 13.8 Å². The van der Waals surface area contributed by atoms with E-state index in [4.69, 9.17) is 4.42 Å². The Morgan fingerprint density at radius 3 is 2.67 bits per heavy atom. The number of rotatable bonds is 6. The molecule has 0 spiro atoms. The van der Waals surface area contributed by atoms with Crippen LogP contribution in [0.15, 0.2) is 34.7 Å². The second-order valence-corrected chi connectivity index (χ2v) is 5.97. The summed E-state index contributed by atoms with van der Waals surface area (Å²) in [5.41, 5.74) is 0.875. The number of hydrogen-bond acceptors (Lipinski definition) is 2. The van der Waals surface area contributed by atoms with Gasteiger partial charge in [0.2, 0.25) is 5.91 Å². The van der Waals surface area contributed by atoms with Crippen molar-refractivity contribution in [2.45, 2.75) is 46.1 Å². The third kappa shape index (κ3) is 3.66. The molecular formula is C18H25NO2. The zero-order valence-corrected chi connectivity index (χ0v) is 13.4. The van der Waals surface area contributed by atoms with Crippen LogP contribution in [-0.2, 0) is 4.79 Å². The third-order valence-corrected chi connectivity index (χ3v) is 4.14. The summed E-state index contributed by atoms with van der Waals surface area (Å²) in [7, 11) is 1.86. The Kier molecular flexibility index (Phi) is 5.05. The van der Waals surface area contributed by atoms with Gasteiger partial charge in [0.15, 0.2) is 0 Å². The number of carbonyl (C=O) groups excluding carboxylic acids is 1. The standard InChI is InChI=1S/C18H25NO2/c1-5-8-13(2)11-18(20)19(4)14(3)17-12-15-9-6-7-10-16(15)21-17/h6-7,9-10,12-14H,5,8,11H2,1-4H3. The predicted octanol–water partition coefficient (Wildman–Crippen LogP) is 4.78. The molecule has 2 unspecified atom stereocenters. The molecule has 0 aliphatic heterocycles. The van der Waals surface area contributed by atoms with Gasteiger partial charge in [-0.3, -0.25) is 4.79 Å². The maximum absolute atomic E-state index is 12.3. The molecule has 0 saturated carbocycles. The van der Waals surface area contributed by atoms with E-state index < -0.39 is 0 Å². The fraction of sp³-hybridized carbons (Fsp3) is 0.500. The molecule has 1 heterocycles. The largest absolute Gasteiger partial charge is 0.459 e. The third-order valence-electron chi connectivity index (χ3n) is 4.14. The Morgan fingerprint density at radius 2 is 2.00 bits per heavy atom. The van der Waals surface area contributed by atoms with Gasteiger partial charge in [-0.25, -0.2) is 0 Å². The van der Waals surface area contributed by atoms with Crippen LogP contribution in [0.2, 0.25) is 0 Å². The summed E-state index contributed by atoms with van der Waals surface area (Å²) in [6, 6.07) is 9.92. The molecule has 3 nitrogen and oxygen atoms in total. The van der Waals surface area contributed by atoms with Crippen molar-refractivity contribution in [3.63, 3.8) is 0 Å². The highest BCUT2D eigenvalue weighted by Gasteiger charge is 2.21. The number of nitrogens with zero attached hydrogens (tertiary/aromatic N) is 1. The van der Waals surface area contributed by atoms with Gasteiger partial charge < -0.3 is 9.32 Å². The summed E-state index contributed by atoms with van der Waals surface area (Å²) < 4.78 is 5.86. The minimum absolute atomic E-state index is 0.0428. The lowest BCUT2D eigenvalue weighted by Crippen LogP contribution is -2.30. The highest BCUT2D eigenvalue weighted by molar-refractivity contribution is 5.79. The normalized spacial score (nSPS) is 14.1. The fourth-order valence-electron chi connectivity index (χ4n) is 2.65. The molecule has 0 N–H and O–H groups in total. The lowest BCUT2D eigenvalue weighted by Gasteiger charge is -2.24. The Balaban J connectivity index is 2.07. The number of para-hydroxylation sites is 1. The first-order valence-corrected chi connectivity index (χ1v) is 7.77. The van der Waals surface area contributed by atoms with Gasteiger partial charge in [0.1, 0.15) is 11.3 Å². The maximum atomic E-state index is 12.3. The predicted molar refractivity (Wildman–Crippen MR) is 86.1 cm³/mol. The van der Waals surface area contributed by atoms with Crippen molar-refractivity contribution in [2.75, 3.05) is 7.05 Å². The van der Waals surface area contributed by atoms with Crippen molar-refractivity contribution in [1.82, 2.24) is 4.90 Å². The molecular weight excluding hydrogens is 262 g/mol. The van der Waals surface area contributed by atoms with E-state index in [1.807, 2.05) is 44.3 Å². The van der Waals surface area contributed by atoms with Crippen LogP contribution in [0.25, 0.3) is 11.0 Å². The molecule has 2 aromatic rings. The minimum Gasteiger partial charge on any atom is -0.459 e. The first kappa shape index (κ1) is 15.6. The van der Waals surface area contributed by atoms with Crippen molar-refractivity contribution in [2.24, 2.45) is 5.92 Å². The monoisotopic (exact) mass is 287 g/mol. The van der Waals surface area contributed by atoms with E-state index in [1.54, 1.807) is 4.90 Å². The lowest BCUT2D eigenvalue weighted by molar-refractivity contribution is -0.133. The Labute approximate surface area is 126 Å². The Morgan fingerprint density at radius 1 is 1.29 bits per heavy atom. The van der Waals surface area contributed by atoms with Crippen LogP contribution in [0.3, 0.4) is 0 Å². The van der Waals surface area contributed by atoms with Crippen molar-refractivity contribution >= 4 is 16.9 Å². The first-order chi connectivity index (χ1) is 10.0. The summed E-state index contributed by atoms with van der Waals surface area (Å²) in [5.74, 6) is 1.46. The molecule has 2 rings (SSSR count). The molecule has 1 aromatic heterocycles. The quantitative estimate of drug-likeness (QED) is 0.766. The van der Waals surface area contributed by atoms with Gasteiger partial charge in [0.25, 0.3) is 0 Å². The maximum Gasteiger partial charge on any atom is 0.223 e. The average Bonchev–Trinajstić information content (AvgIpc) is 2.89. The number of hydrogen-bond donors (Lipinski definition) is 0. The van der Waals surface area contributed by atoms with E-state index in [0.717, 1.165) is 29.6 Å². The Hall–Kier alpha value is -1.77. The van der Waals surface area contributed by atoms with E-state index in [9.17, 15) is 4.79 Å². The van der Waals surface area contributed by atoms with Gasteiger partial charge in [-0.15, -0.1) is 0 Å². The number of benzene rings is 1. The van der Waals surface area contributed by atoms with Gasteiger partial charge in [0.05, 0.1) is 6.04 Å². The van der Waals surface area contributed by atoms with Crippen LogP contribution in [0.5, 0.6) is 0 Å². The highest BCUT2D eigenvalue weighted by atomic mass is 16.3. The fourth-order valence-corrected chi connectivity index (χ4v) is 2.65. The SMILES string of the molecule is CCCC(C)CC(=O)N(C)C(C)c1cc2ccccc2o1. The van der Waals surface area contributed by atoms with E-state index >= 15 is 0 Å². The summed E-state index contributed by atoms with van der Waals surface area (Å²) in [4.78, 5) is 14.1. The zero-order valence-electron chi connectivity index (χ0n) is 13.4. The molecule has 21 heavy (non-hydrogen) atoms. The summed E-state index contributed by atoms with van der Waals surface area (Å²) in [6.45, 7) is 6.31. The van der Waals surface area contributed by atoms with Crippen LogP contribution in [0.1, 0.15) is 51.8 Å². The average molecular weight is 287 g/mol. The molecule has 1 amide bonds. The smallest absolute Gasteiger partial charge is 0.223 e. The van der Waals surface area contributed by atoms with E-state index in [-0.39, 0.29) is 11.9 Å². The molecule has 2 atom stereocenters. The molecule has 0 bridgehead atoms. The van der Waals surface area contributed by atoms with Crippen LogP contribution < -0.4 is 0 Å². The molecule has 0 aliphatic rings. The number of carbonyl (C=O) groups is 1. The summed E-state index contributed by atoms with van der Waals surface area (Å²) in [5, 5.41) is 1.08. The van der Waals surface area contributed by atoms with Crippen molar-refractivity contribution < 1.29 is 9.21 Å².